The van der Waals surface area contributed by atoms with Crippen LogP contribution >= 0.6 is 11.6 Å². The third-order valence-corrected chi connectivity index (χ3v) is 5.42. The molecule has 4 rings (SSSR count). The molecule has 7 heteroatoms. The number of fused-ring (bicyclic) bond motifs is 1. The van der Waals surface area contributed by atoms with Gasteiger partial charge in [0.1, 0.15) is 0 Å². The van der Waals surface area contributed by atoms with Crippen molar-refractivity contribution in [2.24, 2.45) is 0 Å². The summed E-state index contributed by atoms with van der Waals surface area (Å²) in [7, 11) is 0. The third kappa shape index (κ3) is 5.22. The molecule has 0 bridgehead atoms. The van der Waals surface area contributed by atoms with E-state index in [2.05, 4.69) is 21.5 Å². The molecule has 0 aliphatic carbocycles. The standard InChI is InChI=1S/C24H23ClN4O2/c25-19-9-7-17(8-10-19)21-11-12-24(31)29(28-21)15-3-6-23(30)26-14-13-18-16-27-22-5-2-1-4-20(18)22/h1-2,4-5,7-12,16,27H,3,6,13-15H2,(H,26,30). The lowest BCUT2D eigenvalue weighted by molar-refractivity contribution is -0.121. The van der Waals surface area contributed by atoms with E-state index in [9.17, 15) is 9.59 Å². The van der Waals surface area contributed by atoms with Crippen LogP contribution in [0.3, 0.4) is 0 Å². The zero-order valence-corrected chi connectivity index (χ0v) is 17.7. The smallest absolute Gasteiger partial charge is 0.266 e. The maximum Gasteiger partial charge on any atom is 0.266 e. The summed E-state index contributed by atoms with van der Waals surface area (Å²) < 4.78 is 1.41. The number of rotatable bonds is 8. The Balaban J connectivity index is 1.27. The van der Waals surface area contributed by atoms with E-state index in [-0.39, 0.29) is 11.5 Å². The van der Waals surface area contributed by atoms with Crippen molar-refractivity contribution in [3.05, 3.63) is 87.8 Å². The number of halogens is 1. The van der Waals surface area contributed by atoms with Gasteiger partial charge in [-0.25, -0.2) is 4.68 Å². The summed E-state index contributed by atoms with van der Waals surface area (Å²) in [6, 6.07) is 18.6. The zero-order valence-electron chi connectivity index (χ0n) is 17.0. The molecule has 2 aromatic carbocycles. The van der Waals surface area contributed by atoms with Gasteiger partial charge < -0.3 is 10.3 Å². The van der Waals surface area contributed by atoms with Gasteiger partial charge in [0.15, 0.2) is 0 Å². The fourth-order valence-corrected chi connectivity index (χ4v) is 3.66. The molecular weight excluding hydrogens is 412 g/mol. The molecule has 2 N–H and O–H groups in total. The van der Waals surface area contributed by atoms with Gasteiger partial charge in [0.2, 0.25) is 5.91 Å². The molecule has 0 radical (unpaired) electrons. The van der Waals surface area contributed by atoms with Gasteiger partial charge in [0, 0.05) is 53.3 Å². The number of carbonyl (C=O) groups is 1. The van der Waals surface area contributed by atoms with Crippen molar-refractivity contribution in [3.8, 4) is 11.3 Å². The number of nitrogens with zero attached hydrogens (tertiary/aromatic N) is 2. The Morgan fingerprint density at radius 3 is 2.71 bits per heavy atom. The van der Waals surface area contributed by atoms with E-state index in [1.165, 1.54) is 21.7 Å². The molecular formula is C24H23ClN4O2. The van der Waals surface area contributed by atoms with E-state index in [4.69, 9.17) is 11.6 Å². The minimum Gasteiger partial charge on any atom is -0.361 e. The SMILES string of the molecule is O=C(CCCn1nc(-c2ccc(Cl)cc2)ccc1=O)NCCc1c[nH]c2ccccc12. The molecule has 0 fully saturated rings. The van der Waals surface area contributed by atoms with Gasteiger partial charge >= 0.3 is 0 Å². The van der Waals surface area contributed by atoms with E-state index in [0.29, 0.717) is 36.6 Å². The minimum absolute atomic E-state index is 0.0262. The molecule has 1 amide bonds. The molecule has 0 saturated heterocycles. The van der Waals surface area contributed by atoms with Crippen molar-refractivity contribution < 1.29 is 4.79 Å². The number of para-hydroxylation sites is 1. The molecule has 158 valence electrons. The fourth-order valence-electron chi connectivity index (χ4n) is 3.54. The van der Waals surface area contributed by atoms with Gasteiger partial charge in [-0.2, -0.15) is 5.10 Å². The van der Waals surface area contributed by atoms with E-state index in [1.54, 1.807) is 18.2 Å². The number of hydrogen-bond donors (Lipinski definition) is 2. The summed E-state index contributed by atoms with van der Waals surface area (Å²) in [4.78, 5) is 27.6. The second-order valence-electron chi connectivity index (χ2n) is 7.35. The molecule has 4 aromatic rings. The number of nitrogens with one attached hydrogen (secondary N) is 2. The summed E-state index contributed by atoms with van der Waals surface area (Å²) in [5, 5.41) is 9.20. The molecule has 0 aliphatic heterocycles. The molecule has 31 heavy (non-hydrogen) atoms. The van der Waals surface area contributed by atoms with Crippen LogP contribution in [0.1, 0.15) is 18.4 Å². The van der Waals surface area contributed by atoms with Crippen LogP contribution < -0.4 is 10.9 Å². The van der Waals surface area contributed by atoms with E-state index in [1.807, 2.05) is 36.5 Å². The first-order valence-electron chi connectivity index (χ1n) is 10.3. The molecule has 0 atom stereocenters. The monoisotopic (exact) mass is 434 g/mol. The molecule has 2 heterocycles. The average Bonchev–Trinajstić information content (AvgIpc) is 3.19. The molecule has 0 unspecified atom stereocenters. The third-order valence-electron chi connectivity index (χ3n) is 5.17. The predicted octanol–water partition coefficient (Wildman–Crippen LogP) is 4.18. The second kappa shape index (κ2) is 9.62. The number of aryl methyl sites for hydroxylation is 1. The normalized spacial score (nSPS) is 11.0. The second-order valence-corrected chi connectivity index (χ2v) is 7.79. The summed E-state index contributed by atoms with van der Waals surface area (Å²) in [5.41, 5.74) is 3.68. The van der Waals surface area contributed by atoms with Crippen LogP contribution in [0.5, 0.6) is 0 Å². The van der Waals surface area contributed by atoms with Crippen LogP contribution in [-0.2, 0) is 17.8 Å². The summed E-state index contributed by atoms with van der Waals surface area (Å²) in [6.07, 6.45) is 3.63. The van der Waals surface area contributed by atoms with Gasteiger partial charge in [-0.15, -0.1) is 0 Å². The highest BCUT2D eigenvalue weighted by atomic mass is 35.5. The number of hydrogen-bond acceptors (Lipinski definition) is 3. The number of carbonyl (C=O) groups excluding carboxylic acids is 1. The summed E-state index contributed by atoms with van der Waals surface area (Å²) >= 11 is 5.93. The van der Waals surface area contributed by atoms with Crippen molar-refractivity contribution in [3.63, 3.8) is 0 Å². The molecule has 0 aliphatic rings. The summed E-state index contributed by atoms with van der Waals surface area (Å²) in [5.74, 6) is -0.0262. The Morgan fingerprint density at radius 1 is 1.06 bits per heavy atom. The highest BCUT2D eigenvalue weighted by molar-refractivity contribution is 6.30. The Kier molecular flexibility index (Phi) is 6.48. The van der Waals surface area contributed by atoms with Gasteiger partial charge in [0.25, 0.3) is 5.56 Å². The van der Waals surface area contributed by atoms with Crippen molar-refractivity contribution in [2.45, 2.75) is 25.8 Å². The van der Waals surface area contributed by atoms with Crippen LogP contribution in [0.4, 0.5) is 0 Å². The first-order chi connectivity index (χ1) is 15.1. The van der Waals surface area contributed by atoms with Gasteiger partial charge in [-0.1, -0.05) is 41.9 Å². The van der Waals surface area contributed by atoms with Crippen LogP contribution in [-0.4, -0.2) is 27.2 Å². The maximum absolute atomic E-state index is 12.2. The Bertz CT molecular complexity index is 1240. The Hall–Kier alpha value is -3.38. The number of amides is 1. The zero-order chi connectivity index (χ0) is 21.6. The molecule has 6 nitrogen and oxygen atoms in total. The van der Waals surface area contributed by atoms with Crippen molar-refractivity contribution in [1.29, 1.82) is 0 Å². The fraction of sp³-hybridized carbons (Fsp3) is 0.208. The highest BCUT2D eigenvalue weighted by Gasteiger charge is 2.07. The number of H-pyrrole nitrogens is 1. The predicted molar refractivity (Wildman–Crippen MR) is 123 cm³/mol. The van der Waals surface area contributed by atoms with Crippen molar-refractivity contribution in [2.75, 3.05) is 6.54 Å². The Morgan fingerprint density at radius 2 is 1.87 bits per heavy atom. The quantitative estimate of drug-likeness (QED) is 0.436. The molecule has 2 aromatic heterocycles. The molecule has 0 saturated carbocycles. The lowest BCUT2D eigenvalue weighted by Gasteiger charge is -2.08. The van der Waals surface area contributed by atoms with Crippen LogP contribution in [0.15, 0.2) is 71.7 Å². The Labute approximate surface area is 184 Å². The van der Waals surface area contributed by atoms with E-state index >= 15 is 0 Å². The van der Waals surface area contributed by atoms with Crippen LogP contribution in [0.25, 0.3) is 22.2 Å². The van der Waals surface area contributed by atoms with Crippen LogP contribution in [0, 0.1) is 0 Å². The maximum atomic E-state index is 12.2. The first kappa shape index (κ1) is 20.9. The highest BCUT2D eigenvalue weighted by Crippen LogP contribution is 2.19. The minimum atomic E-state index is -0.183. The summed E-state index contributed by atoms with van der Waals surface area (Å²) in [6.45, 7) is 0.959. The van der Waals surface area contributed by atoms with E-state index < -0.39 is 0 Å². The van der Waals surface area contributed by atoms with E-state index in [0.717, 1.165) is 17.5 Å². The van der Waals surface area contributed by atoms with Gasteiger partial charge in [-0.05, 0) is 42.7 Å². The first-order valence-corrected chi connectivity index (χ1v) is 10.6. The lowest BCUT2D eigenvalue weighted by atomic mass is 10.1. The van der Waals surface area contributed by atoms with Crippen molar-refractivity contribution >= 4 is 28.4 Å². The molecule has 0 spiro atoms. The van der Waals surface area contributed by atoms with Gasteiger partial charge in [-0.3, -0.25) is 9.59 Å². The van der Waals surface area contributed by atoms with Gasteiger partial charge in [0.05, 0.1) is 5.69 Å². The number of aromatic amines is 1. The number of benzene rings is 2. The average molecular weight is 435 g/mol. The van der Waals surface area contributed by atoms with Crippen molar-refractivity contribution in [1.82, 2.24) is 20.1 Å². The van der Waals surface area contributed by atoms with Crippen LogP contribution in [0.2, 0.25) is 5.02 Å². The topological polar surface area (TPSA) is 79.8 Å². The number of aromatic nitrogens is 3. The lowest BCUT2D eigenvalue weighted by Crippen LogP contribution is -2.27. The largest absolute Gasteiger partial charge is 0.361 e.